The molecule has 6 nitrogen and oxygen atoms in total. The van der Waals surface area contributed by atoms with Gasteiger partial charge in [0.25, 0.3) is 0 Å². The summed E-state index contributed by atoms with van der Waals surface area (Å²) in [5, 5.41) is 5.98. The largest absolute Gasteiger partial charge is 0.493 e. The molecule has 0 radical (unpaired) electrons. The van der Waals surface area contributed by atoms with E-state index in [2.05, 4.69) is 34.9 Å². The molecule has 3 aromatic rings. The molecule has 0 heterocycles. The van der Waals surface area contributed by atoms with Gasteiger partial charge in [0.15, 0.2) is 11.5 Å². The highest BCUT2D eigenvalue weighted by Gasteiger charge is 2.17. The zero-order chi connectivity index (χ0) is 22.1. The Balaban J connectivity index is 1.75. The van der Waals surface area contributed by atoms with Crippen LogP contribution < -0.4 is 24.8 Å². The topological polar surface area (TPSA) is 68.8 Å². The number of nitrogens with one attached hydrogen (secondary N) is 2. The fourth-order valence-electron chi connectivity index (χ4n) is 3.48. The van der Waals surface area contributed by atoms with Crippen molar-refractivity contribution in [3.8, 4) is 17.2 Å². The van der Waals surface area contributed by atoms with Crippen LogP contribution in [0.2, 0.25) is 0 Å². The molecule has 6 heteroatoms. The molecule has 0 unspecified atom stereocenters. The van der Waals surface area contributed by atoms with Gasteiger partial charge in [0, 0.05) is 18.2 Å². The summed E-state index contributed by atoms with van der Waals surface area (Å²) in [5.41, 5.74) is 2.87. The highest BCUT2D eigenvalue weighted by Crippen LogP contribution is 2.39. The average Bonchev–Trinajstić information content (AvgIpc) is 2.79. The lowest BCUT2D eigenvalue weighted by molar-refractivity contribution is 0.248. The van der Waals surface area contributed by atoms with E-state index in [0.717, 1.165) is 24.0 Å². The standard InChI is InChI=1S/C25H28N2O4/c1-29-22-16-21(17-23(30-2)24(22)31-3)27-25(28)26-20(14-18-10-6-4-7-11-18)15-19-12-8-5-9-13-19/h4-13,16-17,20H,14-15H2,1-3H3,(H2,26,27,28). The van der Waals surface area contributed by atoms with Gasteiger partial charge in [-0.25, -0.2) is 4.79 Å². The second kappa shape index (κ2) is 10.9. The Morgan fingerprint density at radius 2 is 1.26 bits per heavy atom. The van der Waals surface area contributed by atoms with Crippen LogP contribution in [0.5, 0.6) is 17.2 Å². The molecule has 3 aromatic carbocycles. The number of anilines is 1. The summed E-state index contributed by atoms with van der Waals surface area (Å²) in [7, 11) is 4.62. The van der Waals surface area contributed by atoms with Crippen molar-refractivity contribution >= 4 is 11.7 Å². The molecule has 0 aliphatic heterocycles. The number of rotatable bonds is 9. The van der Waals surface area contributed by atoms with Gasteiger partial charge in [0.1, 0.15) is 0 Å². The van der Waals surface area contributed by atoms with Gasteiger partial charge in [0.05, 0.1) is 27.0 Å². The molecule has 2 N–H and O–H groups in total. The predicted octanol–water partition coefficient (Wildman–Crippen LogP) is 4.69. The van der Waals surface area contributed by atoms with Gasteiger partial charge in [-0.05, 0) is 24.0 Å². The summed E-state index contributed by atoms with van der Waals surface area (Å²) in [4.78, 5) is 12.8. The third kappa shape index (κ3) is 6.15. The van der Waals surface area contributed by atoms with Crippen molar-refractivity contribution in [3.05, 3.63) is 83.9 Å². The second-order valence-electron chi connectivity index (χ2n) is 7.09. The Hall–Kier alpha value is -3.67. The number of ether oxygens (including phenoxy) is 3. The van der Waals surface area contributed by atoms with Crippen LogP contribution in [-0.2, 0) is 12.8 Å². The van der Waals surface area contributed by atoms with Crippen LogP contribution >= 0.6 is 0 Å². The molecule has 0 bridgehead atoms. The van der Waals surface area contributed by atoms with Crippen LogP contribution in [0.1, 0.15) is 11.1 Å². The van der Waals surface area contributed by atoms with Crippen LogP contribution in [0.4, 0.5) is 10.5 Å². The first-order valence-corrected chi connectivity index (χ1v) is 10.1. The van der Waals surface area contributed by atoms with Gasteiger partial charge in [-0.1, -0.05) is 60.7 Å². The molecule has 0 aliphatic rings. The zero-order valence-corrected chi connectivity index (χ0v) is 18.1. The molecule has 2 amide bonds. The lowest BCUT2D eigenvalue weighted by atomic mass is 9.99. The van der Waals surface area contributed by atoms with Crippen molar-refractivity contribution in [1.82, 2.24) is 5.32 Å². The number of methoxy groups -OCH3 is 3. The predicted molar refractivity (Wildman–Crippen MR) is 122 cm³/mol. The summed E-state index contributed by atoms with van der Waals surface area (Å²) < 4.78 is 16.1. The van der Waals surface area contributed by atoms with E-state index in [1.807, 2.05) is 36.4 Å². The highest BCUT2D eigenvalue weighted by molar-refractivity contribution is 5.90. The van der Waals surface area contributed by atoms with Crippen LogP contribution in [-0.4, -0.2) is 33.4 Å². The molecule has 3 rings (SSSR count). The maximum atomic E-state index is 12.8. The minimum Gasteiger partial charge on any atom is -0.493 e. The van der Waals surface area contributed by atoms with Crippen LogP contribution in [0.15, 0.2) is 72.8 Å². The van der Waals surface area contributed by atoms with Gasteiger partial charge in [0.2, 0.25) is 5.75 Å². The molecule has 0 spiro atoms. The van der Waals surface area contributed by atoms with E-state index in [9.17, 15) is 4.79 Å². The number of hydrogen-bond donors (Lipinski definition) is 2. The van der Waals surface area contributed by atoms with Crippen molar-refractivity contribution < 1.29 is 19.0 Å². The fourth-order valence-corrected chi connectivity index (χ4v) is 3.48. The number of amides is 2. The summed E-state index contributed by atoms with van der Waals surface area (Å²) in [6, 6.07) is 23.3. The molecule has 0 saturated carbocycles. The summed E-state index contributed by atoms with van der Waals surface area (Å²) in [5.74, 6) is 1.42. The summed E-state index contributed by atoms with van der Waals surface area (Å²) in [6.07, 6.45) is 1.44. The Bertz CT molecular complexity index is 911. The minimum absolute atomic E-state index is 0.0770. The molecule has 31 heavy (non-hydrogen) atoms. The number of carbonyl (C=O) groups is 1. The van der Waals surface area contributed by atoms with Gasteiger partial charge < -0.3 is 24.8 Å². The van der Waals surface area contributed by atoms with Crippen LogP contribution in [0.25, 0.3) is 0 Å². The van der Waals surface area contributed by atoms with Gasteiger partial charge in [-0.15, -0.1) is 0 Å². The van der Waals surface area contributed by atoms with Crippen LogP contribution in [0.3, 0.4) is 0 Å². The maximum Gasteiger partial charge on any atom is 0.319 e. The minimum atomic E-state index is -0.300. The lowest BCUT2D eigenvalue weighted by Crippen LogP contribution is -2.40. The molecular formula is C25H28N2O4. The highest BCUT2D eigenvalue weighted by atomic mass is 16.5. The summed E-state index contributed by atoms with van der Waals surface area (Å²) >= 11 is 0. The van der Waals surface area contributed by atoms with Gasteiger partial charge in [-0.2, -0.15) is 0 Å². The third-order valence-corrected chi connectivity index (χ3v) is 4.91. The first-order valence-electron chi connectivity index (χ1n) is 10.1. The third-order valence-electron chi connectivity index (χ3n) is 4.91. The first-order chi connectivity index (χ1) is 15.1. The smallest absolute Gasteiger partial charge is 0.319 e. The average molecular weight is 421 g/mol. The quantitative estimate of drug-likeness (QED) is 0.527. The fraction of sp³-hybridized carbons (Fsp3) is 0.240. The monoisotopic (exact) mass is 420 g/mol. The van der Waals surface area contributed by atoms with Crippen molar-refractivity contribution in [2.75, 3.05) is 26.6 Å². The van der Waals surface area contributed by atoms with E-state index in [4.69, 9.17) is 14.2 Å². The number of urea groups is 1. The normalized spacial score (nSPS) is 10.5. The zero-order valence-electron chi connectivity index (χ0n) is 18.1. The Morgan fingerprint density at radius 1 is 0.774 bits per heavy atom. The maximum absolute atomic E-state index is 12.8. The Labute approximate surface area is 183 Å². The molecule has 0 saturated heterocycles. The number of carbonyl (C=O) groups excluding carboxylic acids is 1. The molecule has 0 aliphatic carbocycles. The van der Waals surface area contributed by atoms with Crippen molar-refractivity contribution in [2.45, 2.75) is 18.9 Å². The van der Waals surface area contributed by atoms with Crippen molar-refractivity contribution in [3.63, 3.8) is 0 Å². The van der Waals surface area contributed by atoms with E-state index in [1.54, 1.807) is 12.1 Å². The second-order valence-corrected chi connectivity index (χ2v) is 7.09. The van der Waals surface area contributed by atoms with E-state index >= 15 is 0 Å². The molecule has 0 aromatic heterocycles. The van der Waals surface area contributed by atoms with E-state index < -0.39 is 0 Å². The SMILES string of the molecule is COc1cc(NC(=O)NC(Cc2ccccc2)Cc2ccccc2)cc(OC)c1OC. The van der Waals surface area contributed by atoms with Crippen LogP contribution in [0, 0.1) is 0 Å². The van der Waals surface area contributed by atoms with E-state index in [-0.39, 0.29) is 12.1 Å². The number of benzene rings is 3. The number of hydrogen-bond acceptors (Lipinski definition) is 4. The molecule has 0 atom stereocenters. The molecule has 0 fully saturated rings. The Morgan fingerprint density at radius 3 is 1.68 bits per heavy atom. The lowest BCUT2D eigenvalue weighted by Gasteiger charge is -2.20. The first kappa shape index (κ1) is 22.0. The van der Waals surface area contributed by atoms with Crippen molar-refractivity contribution in [2.24, 2.45) is 0 Å². The molecule has 162 valence electrons. The Kier molecular flexibility index (Phi) is 7.76. The van der Waals surface area contributed by atoms with E-state index in [0.29, 0.717) is 22.9 Å². The van der Waals surface area contributed by atoms with E-state index in [1.165, 1.54) is 21.3 Å². The van der Waals surface area contributed by atoms with Crippen molar-refractivity contribution in [1.29, 1.82) is 0 Å². The molecular weight excluding hydrogens is 392 g/mol. The van der Waals surface area contributed by atoms with Gasteiger partial charge in [-0.3, -0.25) is 0 Å². The summed E-state index contributed by atoms with van der Waals surface area (Å²) in [6.45, 7) is 0. The van der Waals surface area contributed by atoms with Gasteiger partial charge >= 0.3 is 6.03 Å².